The van der Waals surface area contributed by atoms with Gasteiger partial charge in [0.1, 0.15) is 0 Å². The number of non-ortho nitro benzene ring substituents is 1. The van der Waals surface area contributed by atoms with E-state index in [1.165, 1.54) is 18.2 Å². The molecule has 0 aliphatic rings. The van der Waals surface area contributed by atoms with E-state index in [4.69, 9.17) is 16.3 Å². The number of Topliss-reactive ketones (excluding diaryl/α,β-unsaturated/α-hetero) is 1. The first-order valence-electron chi connectivity index (χ1n) is 8.71. The Bertz CT molecular complexity index is 940. The summed E-state index contributed by atoms with van der Waals surface area (Å²) in [5.41, 5.74) is 0.317. The number of anilines is 1. The molecule has 0 aromatic heterocycles. The second-order valence-electron chi connectivity index (χ2n) is 6.64. The van der Waals surface area contributed by atoms with E-state index in [0.29, 0.717) is 12.1 Å². The Kier molecular flexibility index (Phi) is 7.44. The van der Waals surface area contributed by atoms with Crippen LogP contribution in [0.2, 0.25) is 5.02 Å². The maximum Gasteiger partial charge on any atom is 0.340 e. The second-order valence-corrected chi connectivity index (χ2v) is 7.05. The molecule has 2 aromatic rings. The van der Waals surface area contributed by atoms with Crippen LogP contribution in [-0.4, -0.2) is 29.2 Å². The van der Waals surface area contributed by atoms with E-state index >= 15 is 0 Å². The lowest BCUT2D eigenvalue weighted by Gasteiger charge is -2.08. The van der Waals surface area contributed by atoms with E-state index in [1.807, 2.05) is 13.8 Å². The lowest BCUT2D eigenvalue weighted by Crippen LogP contribution is -2.15. The molecule has 0 aliphatic carbocycles. The highest BCUT2D eigenvalue weighted by molar-refractivity contribution is 6.33. The average molecular weight is 419 g/mol. The summed E-state index contributed by atoms with van der Waals surface area (Å²) < 4.78 is 4.93. The minimum atomic E-state index is -0.940. The number of amides is 1. The van der Waals surface area contributed by atoms with E-state index in [0.717, 1.165) is 12.1 Å². The van der Waals surface area contributed by atoms with Gasteiger partial charge in [-0.25, -0.2) is 4.79 Å². The number of benzene rings is 2. The Morgan fingerprint density at radius 3 is 2.38 bits per heavy atom. The summed E-state index contributed by atoms with van der Waals surface area (Å²) in [5, 5.41) is 13.5. The molecule has 152 valence electrons. The van der Waals surface area contributed by atoms with Crippen LogP contribution in [0.4, 0.5) is 11.4 Å². The third-order valence-electron chi connectivity index (χ3n) is 3.80. The zero-order valence-electron chi connectivity index (χ0n) is 15.8. The van der Waals surface area contributed by atoms with Gasteiger partial charge in [0.15, 0.2) is 12.4 Å². The number of nitrogens with one attached hydrogen (secondary N) is 1. The molecular formula is C20H19ClN2O6. The molecule has 0 bridgehead atoms. The molecular weight excluding hydrogens is 400 g/mol. The normalized spacial score (nSPS) is 10.5. The number of nitro benzene ring substituents is 1. The Morgan fingerprint density at radius 1 is 1.14 bits per heavy atom. The maximum absolute atomic E-state index is 12.2. The number of nitrogens with zero attached hydrogens (tertiary/aromatic N) is 1. The Hall–Kier alpha value is -3.26. The summed E-state index contributed by atoms with van der Waals surface area (Å²) in [6.07, 6.45) is 0.386. The van der Waals surface area contributed by atoms with Gasteiger partial charge in [-0.15, -0.1) is 0 Å². The smallest absolute Gasteiger partial charge is 0.340 e. The van der Waals surface area contributed by atoms with Crippen molar-refractivity contribution in [3.05, 3.63) is 68.7 Å². The van der Waals surface area contributed by atoms with E-state index in [-0.39, 0.29) is 33.7 Å². The summed E-state index contributed by atoms with van der Waals surface area (Å²) in [6, 6.07) is 9.51. The number of hydrogen-bond acceptors (Lipinski definition) is 6. The van der Waals surface area contributed by atoms with E-state index in [2.05, 4.69) is 5.32 Å². The largest absolute Gasteiger partial charge is 0.454 e. The maximum atomic E-state index is 12.2. The predicted octanol–water partition coefficient (Wildman–Crippen LogP) is 4.27. The number of carbonyl (C=O) groups is 3. The van der Waals surface area contributed by atoms with Crippen molar-refractivity contribution in [2.45, 2.75) is 20.3 Å². The molecule has 0 saturated heterocycles. The quantitative estimate of drug-likeness (QED) is 0.296. The number of carbonyl (C=O) groups excluding carboxylic acids is 3. The number of hydrogen-bond donors (Lipinski definition) is 1. The third kappa shape index (κ3) is 6.39. The van der Waals surface area contributed by atoms with Gasteiger partial charge >= 0.3 is 5.97 Å². The molecule has 0 unspecified atom stereocenters. The second kappa shape index (κ2) is 9.79. The third-order valence-corrected chi connectivity index (χ3v) is 4.13. The molecule has 9 heteroatoms. The van der Waals surface area contributed by atoms with Crippen LogP contribution >= 0.6 is 11.6 Å². The highest BCUT2D eigenvalue weighted by atomic mass is 35.5. The number of ether oxygens (including phenoxy) is 1. The van der Waals surface area contributed by atoms with Crippen molar-refractivity contribution in [1.82, 2.24) is 0 Å². The number of nitro groups is 1. The van der Waals surface area contributed by atoms with Crippen LogP contribution in [0.5, 0.6) is 0 Å². The topological polar surface area (TPSA) is 116 Å². The van der Waals surface area contributed by atoms with E-state index < -0.39 is 23.3 Å². The van der Waals surface area contributed by atoms with Crippen LogP contribution in [0.15, 0.2) is 42.5 Å². The first-order chi connectivity index (χ1) is 13.7. The molecule has 0 atom stereocenters. The van der Waals surface area contributed by atoms with Crippen molar-refractivity contribution in [2.24, 2.45) is 5.92 Å². The molecule has 0 saturated carbocycles. The van der Waals surface area contributed by atoms with E-state index in [1.54, 1.807) is 12.1 Å². The zero-order valence-corrected chi connectivity index (χ0v) is 16.6. The number of rotatable bonds is 8. The monoisotopic (exact) mass is 418 g/mol. The molecule has 8 nitrogen and oxygen atoms in total. The van der Waals surface area contributed by atoms with Gasteiger partial charge in [0.05, 0.1) is 15.5 Å². The molecule has 0 heterocycles. The van der Waals surface area contributed by atoms with Gasteiger partial charge in [0.25, 0.3) is 5.69 Å². The first-order valence-corrected chi connectivity index (χ1v) is 9.09. The number of ketones is 1. The highest BCUT2D eigenvalue weighted by Gasteiger charge is 2.18. The van der Waals surface area contributed by atoms with Crippen LogP contribution in [0.3, 0.4) is 0 Å². The molecule has 0 spiro atoms. The lowest BCUT2D eigenvalue weighted by molar-refractivity contribution is -0.384. The summed E-state index contributed by atoms with van der Waals surface area (Å²) in [4.78, 5) is 46.2. The van der Waals surface area contributed by atoms with Crippen molar-refractivity contribution in [1.29, 1.82) is 0 Å². The van der Waals surface area contributed by atoms with Gasteiger partial charge in [-0.2, -0.15) is 0 Å². The SMILES string of the molecule is CC(C)CC(=O)Nc1ccc(C(=O)COC(=O)c2cc([N+](=O)[O-])ccc2Cl)cc1. The molecule has 0 fully saturated rings. The minimum absolute atomic E-state index is 0.0189. The first kappa shape index (κ1) is 22.0. The molecule has 2 aromatic carbocycles. The molecule has 29 heavy (non-hydrogen) atoms. The molecule has 1 N–H and O–H groups in total. The van der Waals surface area contributed by atoms with Crippen molar-refractivity contribution < 1.29 is 24.0 Å². The van der Waals surface area contributed by atoms with Crippen LogP contribution in [0, 0.1) is 16.0 Å². The van der Waals surface area contributed by atoms with Gasteiger partial charge in [0, 0.05) is 29.8 Å². The summed E-state index contributed by atoms with van der Waals surface area (Å²) in [5.74, 6) is -1.31. The van der Waals surface area contributed by atoms with Gasteiger partial charge in [-0.05, 0) is 36.2 Å². The van der Waals surface area contributed by atoms with Crippen molar-refractivity contribution in [3.8, 4) is 0 Å². The van der Waals surface area contributed by atoms with Gasteiger partial charge in [-0.3, -0.25) is 19.7 Å². The summed E-state index contributed by atoms with van der Waals surface area (Å²) in [7, 11) is 0. The Labute approximate surface area is 172 Å². The summed E-state index contributed by atoms with van der Waals surface area (Å²) in [6.45, 7) is 3.31. The average Bonchev–Trinajstić information content (AvgIpc) is 2.65. The van der Waals surface area contributed by atoms with Crippen molar-refractivity contribution in [2.75, 3.05) is 11.9 Å². The standard InChI is InChI=1S/C20H19ClN2O6/c1-12(2)9-19(25)22-14-5-3-13(4-6-14)18(24)11-29-20(26)16-10-15(23(27)28)7-8-17(16)21/h3-8,10,12H,9,11H2,1-2H3,(H,22,25). The molecule has 1 amide bonds. The molecule has 2 rings (SSSR count). The minimum Gasteiger partial charge on any atom is -0.454 e. The fraction of sp³-hybridized carbons (Fsp3) is 0.250. The van der Waals surface area contributed by atoms with Crippen LogP contribution < -0.4 is 5.32 Å². The van der Waals surface area contributed by atoms with Crippen molar-refractivity contribution in [3.63, 3.8) is 0 Å². The number of halogens is 1. The molecule has 0 aliphatic heterocycles. The van der Waals surface area contributed by atoms with E-state index in [9.17, 15) is 24.5 Å². The molecule has 0 radical (unpaired) electrons. The summed E-state index contributed by atoms with van der Waals surface area (Å²) >= 11 is 5.88. The Morgan fingerprint density at radius 2 is 1.79 bits per heavy atom. The van der Waals surface area contributed by atoms with Gasteiger partial charge in [0.2, 0.25) is 5.91 Å². The number of esters is 1. The Balaban J connectivity index is 1.97. The van der Waals surface area contributed by atoms with Crippen LogP contribution in [0.1, 0.15) is 41.0 Å². The van der Waals surface area contributed by atoms with Crippen LogP contribution in [0.25, 0.3) is 0 Å². The lowest BCUT2D eigenvalue weighted by atomic mass is 10.1. The van der Waals surface area contributed by atoms with Gasteiger partial charge < -0.3 is 10.1 Å². The highest BCUT2D eigenvalue weighted by Crippen LogP contribution is 2.23. The zero-order chi connectivity index (χ0) is 21.6. The predicted molar refractivity (Wildman–Crippen MR) is 107 cm³/mol. The van der Waals surface area contributed by atoms with Gasteiger partial charge in [-0.1, -0.05) is 25.4 Å². The van der Waals surface area contributed by atoms with Crippen LogP contribution in [-0.2, 0) is 9.53 Å². The fourth-order valence-electron chi connectivity index (χ4n) is 2.40. The van der Waals surface area contributed by atoms with Crippen molar-refractivity contribution >= 4 is 40.6 Å². The fourth-order valence-corrected chi connectivity index (χ4v) is 2.59.